The van der Waals surface area contributed by atoms with Crippen LogP contribution in [0.3, 0.4) is 0 Å². The summed E-state index contributed by atoms with van der Waals surface area (Å²) in [7, 11) is 0. The Bertz CT molecular complexity index is 840. The lowest BCUT2D eigenvalue weighted by molar-refractivity contribution is -0.136. The number of hydrogen-bond acceptors (Lipinski definition) is 3. The highest BCUT2D eigenvalue weighted by atomic mass is 79.9. The first-order valence-corrected chi connectivity index (χ1v) is 8.38. The Morgan fingerprint density at radius 3 is 2.24 bits per heavy atom. The number of benzene rings is 2. The quantitative estimate of drug-likeness (QED) is 0.786. The van der Waals surface area contributed by atoms with Crippen LogP contribution in [0.2, 0.25) is 0 Å². The molecule has 2 aromatic rings. The van der Waals surface area contributed by atoms with Gasteiger partial charge in [0.2, 0.25) is 0 Å². The van der Waals surface area contributed by atoms with E-state index in [4.69, 9.17) is 15.6 Å². The van der Waals surface area contributed by atoms with E-state index in [-0.39, 0.29) is 11.8 Å². The molecule has 2 rings (SSSR count). The molecule has 0 radical (unpaired) electrons. The molecule has 5 heteroatoms. The second-order valence-electron chi connectivity index (χ2n) is 6.41. The number of carboxylic acids is 1. The van der Waals surface area contributed by atoms with Crippen LogP contribution in [-0.2, 0) is 16.6 Å². The first kappa shape index (κ1) is 20.4. The summed E-state index contributed by atoms with van der Waals surface area (Å²) >= 11 is 3.47. The molecule has 0 atom stereocenters. The molecule has 0 amide bonds. The van der Waals surface area contributed by atoms with Crippen molar-refractivity contribution in [2.45, 2.75) is 32.6 Å². The number of aliphatic carboxylic acids is 1. The summed E-state index contributed by atoms with van der Waals surface area (Å²) in [6, 6.07) is 16.5. The van der Waals surface area contributed by atoms with Gasteiger partial charge in [-0.3, -0.25) is 4.79 Å². The van der Waals surface area contributed by atoms with Gasteiger partial charge in [-0.25, -0.2) is 0 Å². The largest absolute Gasteiger partial charge is 0.481 e. The van der Waals surface area contributed by atoms with Gasteiger partial charge in [0.05, 0.1) is 29.7 Å². The smallest absolute Gasteiger partial charge is 0.307 e. The number of halogens is 1. The zero-order valence-corrected chi connectivity index (χ0v) is 16.0. The topological polar surface area (TPSA) is 84.9 Å². The van der Waals surface area contributed by atoms with Gasteiger partial charge in [0.15, 0.2) is 0 Å². The number of nitrogens with zero attached hydrogens (tertiary/aromatic N) is 2. The first-order valence-electron chi connectivity index (χ1n) is 7.59. The molecule has 0 aliphatic heterocycles. The van der Waals surface area contributed by atoms with Gasteiger partial charge in [0.1, 0.15) is 0 Å². The number of carboxylic acid groups (broad SMARTS) is 1. The third-order valence-electron chi connectivity index (χ3n) is 3.30. The highest BCUT2D eigenvalue weighted by Crippen LogP contribution is 2.32. The Kier molecular flexibility index (Phi) is 7.36. The van der Waals surface area contributed by atoms with Crippen molar-refractivity contribution in [2.24, 2.45) is 0 Å². The van der Waals surface area contributed by atoms with Crippen molar-refractivity contribution in [1.82, 2.24) is 0 Å². The van der Waals surface area contributed by atoms with Crippen LogP contribution >= 0.6 is 15.9 Å². The lowest BCUT2D eigenvalue weighted by atomic mass is 9.84. The van der Waals surface area contributed by atoms with Crippen molar-refractivity contribution in [3.8, 4) is 12.1 Å². The van der Waals surface area contributed by atoms with Crippen molar-refractivity contribution in [3.63, 3.8) is 0 Å². The molecule has 4 nitrogen and oxygen atoms in total. The molecule has 0 aromatic heterocycles. The van der Waals surface area contributed by atoms with Gasteiger partial charge < -0.3 is 5.11 Å². The average molecular weight is 399 g/mol. The van der Waals surface area contributed by atoms with Crippen molar-refractivity contribution >= 4 is 21.9 Å². The summed E-state index contributed by atoms with van der Waals surface area (Å²) in [5.41, 5.74) is 2.99. The van der Waals surface area contributed by atoms with Crippen LogP contribution in [0, 0.1) is 22.7 Å². The van der Waals surface area contributed by atoms with Crippen molar-refractivity contribution in [1.29, 1.82) is 10.5 Å². The molecule has 0 bridgehead atoms. The van der Waals surface area contributed by atoms with Crippen LogP contribution in [0.25, 0.3) is 0 Å². The van der Waals surface area contributed by atoms with Gasteiger partial charge in [-0.05, 0) is 40.8 Å². The van der Waals surface area contributed by atoms with Gasteiger partial charge >= 0.3 is 5.97 Å². The van der Waals surface area contributed by atoms with Crippen LogP contribution < -0.4 is 0 Å². The van der Waals surface area contributed by atoms with Crippen LogP contribution in [0.5, 0.6) is 0 Å². The maximum atomic E-state index is 10.3. The Labute approximate surface area is 156 Å². The number of nitriles is 2. The average Bonchev–Trinajstić information content (AvgIpc) is 2.53. The lowest BCUT2D eigenvalue weighted by Gasteiger charge is -2.21. The minimum absolute atomic E-state index is 0.00512. The summed E-state index contributed by atoms with van der Waals surface area (Å²) in [5.74, 6) is -0.884. The van der Waals surface area contributed by atoms with Crippen molar-refractivity contribution in [3.05, 3.63) is 69.2 Å². The van der Waals surface area contributed by atoms with Gasteiger partial charge in [-0.15, -0.1) is 0 Å². The van der Waals surface area contributed by atoms with Crippen molar-refractivity contribution < 1.29 is 9.90 Å². The zero-order valence-electron chi connectivity index (χ0n) is 14.4. The van der Waals surface area contributed by atoms with Crippen molar-refractivity contribution in [2.75, 3.05) is 0 Å². The molecule has 128 valence electrons. The molecule has 0 aliphatic rings. The number of rotatable bonds is 2. The van der Waals surface area contributed by atoms with Crippen LogP contribution in [0.4, 0.5) is 0 Å². The van der Waals surface area contributed by atoms with E-state index in [2.05, 4.69) is 42.8 Å². The van der Waals surface area contributed by atoms with E-state index < -0.39 is 5.97 Å². The molecule has 0 saturated carbocycles. The highest BCUT2D eigenvalue weighted by molar-refractivity contribution is 9.10. The maximum absolute atomic E-state index is 10.3. The van der Waals surface area contributed by atoms with E-state index in [1.54, 1.807) is 24.3 Å². The Hall–Kier alpha value is -2.63. The predicted molar refractivity (Wildman–Crippen MR) is 100 cm³/mol. The predicted octanol–water partition coefficient (Wildman–Crippen LogP) is 4.80. The van der Waals surface area contributed by atoms with Gasteiger partial charge in [-0.2, -0.15) is 10.5 Å². The van der Waals surface area contributed by atoms with Crippen LogP contribution in [0.15, 0.2) is 46.9 Å². The molecule has 25 heavy (non-hydrogen) atoms. The molecular weight excluding hydrogens is 380 g/mol. The van der Waals surface area contributed by atoms with E-state index in [1.165, 1.54) is 0 Å². The zero-order chi connectivity index (χ0) is 19.0. The summed E-state index contributed by atoms with van der Waals surface area (Å²) in [4.78, 5) is 10.3. The molecule has 0 spiro atoms. The Morgan fingerprint density at radius 2 is 1.76 bits per heavy atom. The molecule has 2 aromatic carbocycles. The fourth-order valence-electron chi connectivity index (χ4n) is 2.31. The highest BCUT2D eigenvalue weighted by Gasteiger charge is 2.20. The third-order valence-corrected chi connectivity index (χ3v) is 3.96. The summed E-state index contributed by atoms with van der Waals surface area (Å²) in [6.07, 6.45) is -0.0322. The molecule has 0 unspecified atom stereocenters. The standard InChI is InChI=1S/C11H12BrN.C9H7NO2/c1-11(2,3)10-8(7-13)5-4-6-9(10)12;10-6-8-3-1-2-7(4-8)5-9(11)12/h4-6H,1-3H3;1-4H,5H2,(H,11,12). The van der Waals surface area contributed by atoms with E-state index in [0.717, 1.165) is 15.6 Å². The molecular formula is C20H19BrN2O2. The third kappa shape index (κ3) is 6.41. The summed E-state index contributed by atoms with van der Waals surface area (Å²) < 4.78 is 1.01. The lowest BCUT2D eigenvalue weighted by Crippen LogP contribution is -2.14. The second kappa shape index (κ2) is 9.01. The van der Waals surface area contributed by atoms with Gasteiger partial charge in [0.25, 0.3) is 0 Å². The summed E-state index contributed by atoms with van der Waals surface area (Å²) in [6.45, 7) is 6.32. The van der Waals surface area contributed by atoms with Gasteiger partial charge in [0, 0.05) is 4.47 Å². The minimum atomic E-state index is -0.884. The fourth-order valence-corrected chi connectivity index (χ4v) is 3.27. The normalized spacial score (nSPS) is 10.0. The monoisotopic (exact) mass is 398 g/mol. The second-order valence-corrected chi connectivity index (χ2v) is 7.26. The van der Waals surface area contributed by atoms with E-state index >= 15 is 0 Å². The number of carbonyl (C=O) groups is 1. The van der Waals surface area contributed by atoms with E-state index in [0.29, 0.717) is 11.1 Å². The van der Waals surface area contributed by atoms with Crippen LogP contribution in [-0.4, -0.2) is 11.1 Å². The molecule has 1 N–H and O–H groups in total. The first-order chi connectivity index (χ1) is 11.7. The van der Waals surface area contributed by atoms with Crippen LogP contribution in [0.1, 0.15) is 43.0 Å². The number of hydrogen-bond donors (Lipinski definition) is 1. The minimum Gasteiger partial charge on any atom is -0.481 e. The SMILES string of the molecule is CC(C)(C)c1c(Br)cccc1C#N.N#Cc1cccc(CC(=O)O)c1. The Morgan fingerprint density at radius 1 is 1.12 bits per heavy atom. The Balaban J connectivity index is 0.000000251. The maximum Gasteiger partial charge on any atom is 0.307 e. The molecule has 0 fully saturated rings. The molecule has 0 saturated heterocycles. The van der Waals surface area contributed by atoms with Gasteiger partial charge in [-0.1, -0.05) is 54.9 Å². The summed E-state index contributed by atoms with van der Waals surface area (Å²) in [5, 5.41) is 25.9. The van der Waals surface area contributed by atoms with E-state index in [1.807, 2.05) is 24.3 Å². The molecule has 0 heterocycles. The molecule has 0 aliphatic carbocycles. The fraction of sp³-hybridized carbons (Fsp3) is 0.250. The van der Waals surface area contributed by atoms with E-state index in [9.17, 15) is 4.79 Å².